The molecule has 0 aliphatic heterocycles. The number of aromatic hydroxyl groups is 1. The molecule has 206 valence electrons. The monoisotopic (exact) mass is 527 g/mol. The standard InChI is InChI=1S/C28H37N3O7/c1-4-5-6-7-8-13-9-15(12-29)22(32)19-16(13)10-14-11-17-21(31(2)3)24(34)20(27(30)37)26(36)28(17,38)25(35)18(14)23(19)33/h9,14,17-18,20-21,32,38H,4-8,10-12,29H2,1-3H3,(H2,30,37)/t14-,17-,18?,20?,21-,28-/m1/s1. The number of nitrogens with two attached hydrogens (primary N) is 2. The predicted molar refractivity (Wildman–Crippen MR) is 137 cm³/mol. The van der Waals surface area contributed by atoms with E-state index in [1.54, 1.807) is 14.1 Å². The Morgan fingerprint density at radius 2 is 1.79 bits per heavy atom. The highest BCUT2D eigenvalue weighted by atomic mass is 16.3. The lowest BCUT2D eigenvalue weighted by Crippen LogP contribution is -2.74. The van der Waals surface area contributed by atoms with E-state index in [-0.39, 0.29) is 30.7 Å². The molecule has 6 atom stereocenters. The average Bonchev–Trinajstić information content (AvgIpc) is 2.84. The molecule has 0 heterocycles. The number of amides is 1. The number of primary amides is 1. The van der Waals surface area contributed by atoms with Crippen LogP contribution in [0.15, 0.2) is 6.07 Å². The Morgan fingerprint density at radius 1 is 1.11 bits per heavy atom. The van der Waals surface area contributed by atoms with Gasteiger partial charge in [-0.1, -0.05) is 32.3 Å². The number of aliphatic hydroxyl groups is 1. The van der Waals surface area contributed by atoms with E-state index in [2.05, 4.69) is 6.92 Å². The van der Waals surface area contributed by atoms with Crippen molar-refractivity contribution in [3.63, 3.8) is 0 Å². The van der Waals surface area contributed by atoms with Gasteiger partial charge in [-0.25, -0.2) is 0 Å². The third kappa shape index (κ3) is 4.10. The number of hydrogen-bond donors (Lipinski definition) is 4. The Bertz CT molecular complexity index is 1210. The Balaban J connectivity index is 1.82. The number of likely N-dealkylation sites (N-methyl/N-ethyl adjacent to an activating group) is 1. The summed E-state index contributed by atoms with van der Waals surface area (Å²) in [5.74, 6) is -10.4. The fraction of sp³-hybridized carbons (Fsp3) is 0.607. The molecule has 3 aliphatic rings. The van der Waals surface area contributed by atoms with Gasteiger partial charge in [-0.2, -0.15) is 0 Å². The summed E-state index contributed by atoms with van der Waals surface area (Å²) in [6.07, 6.45) is 5.03. The summed E-state index contributed by atoms with van der Waals surface area (Å²) in [6.45, 7) is 2.11. The first-order chi connectivity index (χ1) is 17.9. The molecule has 0 saturated heterocycles. The fourth-order valence-corrected chi connectivity index (χ4v) is 6.93. The lowest BCUT2D eigenvalue weighted by Gasteiger charge is -2.52. The number of carbonyl (C=O) groups is 5. The largest absolute Gasteiger partial charge is 0.507 e. The summed E-state index contributed by atoms with van der Waals surface area (Å²) >= 11 is 0. The zero-order valence-electron chi connectivity index (χ0n) is 22.2. The van der Waals surface area contributed by atoms with Crippen molar-refractivity contribution in [1.82, 2.24) is 4.90 Å². The van der Waals surface area contributed by atoms with E-state index in [1.807, 2.05) is 6.07 Å². The van der Waals surface area contributed by atoms with E-state index in [9.17, 15) is 34.2 Å². The van der Waals surface area contributed by atoms with Crippen LogP contribution in [0.3, 0.4) is 0 Å². The molecular weight excluding hydrogens is 490 g/mol. The SMILES string of the molecule is CCCCCCc1cc(CN)c(O)c2c1C[C@@H]1C[C@@H]3[C@@H](N(C)C)C(=O)C(C(N)=O)C(=O)[C@]3(O)C(=O)C1C2=O. The summed E-state index contributed by atoms with van der Waals surface area (Å²) in [5.41, 5.74) is 10.4. The highest BCUT2D eigenvalue weighted by molar-refractivity contribution is 6.32. The van der Waals surface area contributed by atoms with Crippen molar-refractivity contribution >= 4 is 29.0 Å². The van der Waals surface area contributed by atoms with Gasteiger partial charge in [0.05, 0.1) is 17.5 Å². The van der Waals surface area contributed by atoms with Crippen LogP contribution in [0, 0.1) is 23.7 Å². The van der Waals surface area contributed by atoms with Gasteiger partial charge in [-0.15, -0.1) is 0 Å². The van der Waals surface area contributed by atoms with Crippen LogP contribution in [0.2, 0.25) is 0 Å². The van der Waals surface area contributed by atoms with Gasteiger partial charge in [0.1, 0.15) is 5.75 Å². The van der Waals surface area contributed by atoms with Crippen molar-refractivity contribution < 1.29 is 34.2 Å². The van der Waals surface area contributed by atoms with Crippen molar-refractivity contribution in [3.05, 3.63) is 28.3 Å². The van der Waals surface area contributed by atoms with Crippen LogP contribution in [0.1, 0.15) is 66.1 Å². The number of nitrogens with zero attached hydrogens (tertiary/aromatic N) is 1. The lowest BCUT2D eigenvalue weighted by molar-refractivity contribution is -0.181. The quantitative estimate of drug-likeness (QED) is 0.275. The molecule has 10 nitrogen and oxygen atoms in total. The molecule has 0 spiro atoms. The van der Waals surface area contributed by atoms with E-state index in [1.165, 1.54) is 4.90 Å². The Hall–Kier alpha value is -2.95. The number of phenols is 1. The Kier molecular flexibility index (Phi) is 7.62. The summed E-state index contributed by atoms with van der Waals surface area (Å²) in [7, 11) is 3.13. The highest BCUT2D eigenvalue weighted by Gasteiger charge is 2.69. The molecule has 10 heteroatoms. The first-order valence-electron chi connectivity index (χ1n) is 13.3. The van der Waals surface area contributed by atoms with Gasteiger partial charge in [-0.05, 0) is 56.8 Å². The number of aryl methyl sites for hydroxylation is 1. The van der Waals surface area contributed by atoms with Crippen LogP contribution in [0.25, 0.3) is 0 Å². The molecule has 0 radical (unpaired) electrons. The minimum Gasteiger partial charge on any atom is -0.507 e. The van der Waals surface area contributed by atoms with Gasteiger partial charge in [0.2, 0.25) is 5.91 Å². The van der Waals surface area contributed by atoms with E-state index in [0.29, 0.717) is 17.5 Å². The second-order valence-corrected chi connectivity index (χ2v) is 11.2. The van der Waals surface area contributed by atoms with Gasteiger partial charge in [0, 0.05) is 18.0 Å². The Morgan fingerprint density at radius 3 is 2.37 bits per heavy atom. The van der Waals surface area contributed by atoms with Crippen molar-refractivity contribution in [3.8, 4) is 5.75 Å². The number of Topliss-reactive ketones (excluding diaryl/α,β-unsaturated/α-hetero) is 4. The molecule has 1 aromatic rings. The van der Waals surface area contributed by atoms with E-state index in [0.717, 1.165) is 31.2 Å². The summed E-state index contributed by atoms with van der Waals surface area (Å²) in [5, 5.41) is 22.6. The second kappa shape index (κ2) is 10.3. The maximum atomic E-state index is 13.9. The van der Waals surface area contributed by atoms with Crippen molar-refractivity contribution in [2.75, 3.05) is 14.1 Å². The number of phenolic OH excluding ortho intramolecular Hbond substituents is 1. The lowest BCUT2D eigenvalue weighted by atomic mass is 9.52. The van der Waals surface area contributed by atoms with Crippen LogP contribution in [-0.4, -0.2) is 69.9 Å². The molecule has 1 aromatic carbocycles. The normalized spacial score (nSPS) is 30.7. The van der Waals surface area contributed by atoms with Gasteiger partial charge < -0.3 is 21.7 Å². The summed E-state index contributed by atoms with van der Waals surface area (Å²) < 4.78 is 0. The first-order valence-corrected chi connectivity index (χ1v) is 13.3. The topological polar surface area (TPSA) is 181 Å². The molecule has 2 saturated carbocycles. The number of unbranched alkanes of at least 4 members (excludes halogenated alkanes) is 3. The van der Waals surface area contributed by atoms with Gasteiger partial charge in [0.15, 0.2) is 34.7 Å². The third-order valence-corrected chi connectivity index (χ3v) is 8.75. The fourth-order valence-electron chi connectivity index (χ4n) is 6.93. The number of hydrogen-bond acceptors (Lipinski definition) is 9. The van der Waals surface area contributed by atoms with Gasteiger partial charge in [0.25, 0.3) is 0 Å². The van der Waals surface area contributed by atoms with Crippen LogP contribution in [-0.2, 0) is 38.6 Å². The molecule has 2 unspecified atom stereocenters. The molecular formula is C28H37N3O7. The highest BCUT2D eigenvalue weighted by Crippen LogP contribution is 2.51. The summed E-state index contributed by atoms with van der Waals surface area (Å²) in [4.78, 5) is 67.9. The second-order valence-electron chi connectivity index (χ2n) is 11.2. The number of fused-ring (bicyclic) bond motifs is 3. The predicted octanol–water partition coefficient (Wildman–Crippen LogP) is 0.449. The molecule has 1 amide bonds. The molecule has 4 rings (SSSR count). The van der Waals surface area contributed by atoms with E-state index < -0.39 is 64.4 Å². The first kappa shape index (κ1) is 28.1. The van der Waals surface area contributed by atoms with Crippen LogP contribution in [0.4, 0.5) is 0 Å². The van der Waals surface area contributed by atoms with Crippen molar-refractivity contribution in [2.24, 2.45) is 35.1 Å². The zero-order chi connectivity index (χ0) is 28.1. The summed E-state index contributed by atoms with van der Waals surface area (Å²) in [6, 6.07) is 0.709. The van der Waals surface area contributed by atoms with Gasteiger partial charge in [-0.3, -0.25) is 28.9 Å². The van der Waals surface area contributed by atoms with Crippen molar-refractivity contribution in [2.45, 2.75) is 70.1 Å². The average molecular weight is 528 g/mol. The van der Waals surface area contributed by atoms with E-state index in [4.69, 9.17) is 11.5 Å². The van der Waals surface area contributed by atoms with Crippen LogP contribution in [0.5, 0.6) is 5.75 Å². The number of rotatable bonds is 8. The van der Waals surface area contributed by atoms with Gasteiger partial charge >= 0.3 is 0 Å². The maximum absolute atomic E-state index is 13.9. The third-order valence-electron chi connectivity index (χ3n) is 8.75. The van der Waals surface area contributed by atoms with E-state index >= 15 is 0 Å². The molecule has 6 N–H and O–H groups in total. The molecule has 0 aromatic heterocycles. The van der Waals surface area contributed by atoms with Crippen LogP contribution < -0.4 is 11.5 Å². The molecule has 3 aliphatic carbocycles. The number of benzene rings is 1. The molecule has 0 bridgehead atoms. The molecule has 38 heavy (non-hydrogen) atoms. The zero-order valence-corrected chi connectivity index (χ0v) is 22.2. The minimum absolute atomic E-state index is 0.00614. The number of carbonyl (C=O) groups excluding carboxylic acids is 5. The van der Waals surface area contributed by atoms with Crippen LogP contribution >= 0.6 is 0 Å². The smallest absolute Gasteiger partial charge is 0.235 e. The molecule has 2 fully saturated rings. The Labute approximate surface area is 221 Å². The number of ketones is 4. The maximum Gasteiger partial charge on any atom is 0.235 e. The minimum atomic E-state index is -2.72. The van der Waals surface area contributed by atoms with Crippen molar-refractivity contribution in [1.29, 1.82) is 0 Å².